The lowest BCUT2D eigenvalue weighted by molar-refractivity contribution is -0.116. The van der Waals surface area contributed by atoms with Gasteiger partial charge in [0, 0.05) is 23.1 Å². The molecule has 39 heavy (non-hydrogen) atoms. The summed E-state index contributed by atoms with van der Waals surface area (Å²) < 4.78 is 6.10. The molecule has 0 atom stereocenters. The second-order valence-electron chi connectivity index (χ2n) is 11.9. The molecule has 2 aliphatic rings. The molecular weight excluding hydrogens is 510 g/mol. The number of aromatic carboxylic acids is 1. The van der Waals surface area contributed by atoms with Gasteiger partial charge in [-0.1, -0.05) is 38.2 Å². The van der Waals surface area contributed by atoms with Gasteiger partial charge in [0.15, 0.2) is 0 Å². The fourth-order valence-electron chi connectivity index (χ4n) is 5.40. The van der Waals surface area contributed by atoms with Crippen molar-refractivity contribution in [3.8, 4) is 17.6 Å². The maximum absolute atomic E-state index is 14.2. The van der Waals surface area contributed by atoms with Crippen molar-refractivity contribution in [1.82, 2.24) is 10.2 Å². The number of thiophene rings is 1. The summed E-state index contributed by atoms with van der Waals surface area (Å²) in [6.45, 7) is 12.6. The zero-order chi connectivity index (χ0) is 28.2. The van der Waals surface area contributed by atoms with E-state index in [1.54, 1.807) is 29.4 Å². The Balaban J connectivity index is 1.62. The van der Waals surface area contributed by atoms with Gasteiger partial charge >= 0.3 is 5.97 Å². The van der Waals surface area contributed by atoms with Crippen molar-refractivity contribution in [3.05, 3.63) is 46.4 Å². The summed E-state index contributed by atoms with van der Waals surface area (Å²) in [6.07, 6.45) is 10.1. The van der Waals surface area contributed by atoms with E-state index in [9.17, 15) is 14.7 Å². The fraction of sp³-hybridized carbons (Fsp3) is 0.548. The van der Waals surface area contributed by atoms with Crippen LogP contribution in [0.25, 0.3) is 0 Å². The molecule has 2 aromatic heterocycles. The Morgan fingerprint density at radius 1 is 1.10 bits per heavy atom. The third kappa shape index (κ3) is 7.48. The van der Waals surface area contributed by atoms with Crippen LogP contribution in [0.1, 0.15) is 93.6 Å². The lowest BCUT2D eigenvalue weighted by atomic mass is 9.79. The van der Waals surface area contributed by atoms with Crippen LogP contribution in [0.15, 0.2) is 36.7 Å². The number of ether oxygens (including phenoxy) is 1. The molecule has 1 amide bonds. The normalized spacial score (nSPS) is 23.3. The van der Waals surface area contributed by atoms with Gasteiger partial charge in [-0.2, -0.15) is 10.2 Å². The Kier molecular flexibility index (Phi) is 9.12. The lowest BCUT2D eigenvalue weighted by Crippen LogP contribution is -2.45. The van der Waals surface area contributed by atoms with Crippen LogP contribution in [0.2, 0.25) is 0 Å². The van der Waals surface area contributed by atoms with Crippen LogP contribution < -0.4 is 9.64 Å². The molecule has 0 bridgehead atoms. The first-order valence-corrected chi connectivity index (χ1v) is 14.7. The molecular formula is C31H39N3O4S. The quantitative estimate of drug-likeness (QED) is 0.304. The molecule has 0 saturated heterocycles. The van der Waals surface area contributed by atoms with Gasteiger partial charge in [-0.05, 0) is 77.2 Å². The molecule has 7 nitrogen and oxygen atoms in total. The zero-order valence-electron chi connectivity index (χ0n) is 23.4. The van der Waals surface area contributed by atoms with Crippen molar-refractivity contribution in [2.75, 3.05) is 4.90 Å². The molecule has 2 aliphatic carbocycles. The second-order valence-corrected chi connectivity index (χ2v) is 13.0. The van der Waals surface area contributed by atoms with Crippen molar-refractivity contribution in [2.45, 2.75) is 91.2 Å². The van der Waals surface area contributed by atoms with E-state index in [1.807, 2.05) is 20.8 Å². The van der Waals surface area contributed by atoms with Crippen LogP contribution in [0.5, 0.6) is 5.75 Å². The molecule has 0 radical (unpaired) electrons. The van der Waals surface area contributed by atoms with E-state index in [0.29, 0.717) is 40.6 Å². The maximum Gasteiger partial charge on any atom is 0.348 e. The first-order valence-electron chi connectivity index (χ1n) is 13.9. The number of hydrogen-bond acceptors (Lipinski definition) is 6. The average Bonchev–Trinajstić information content (AvgIpc) is 3.33. The summed E-state index contributed by atoms with van der Waals surface area (Å²) >= 11 is 1.13. The van der Waals surface area contributed by atoms with E-state index in [-0.39, 0.29) is 34.3 Å². The number of rotatable bonds is 7. The Hall–Kier alpha value is -3.18. The van der Waals surface area contributed by atoms with Gasteiger partial charge in [-0.3, -0.25) is 4.79 Å². The monoisotopic (exact) mass is 549 g/mol. The molecule has 4 rings (SSSR count). The highest BCUT2D eigenvalue weighted by Crippen LogP contribution is 2.39. The van der Waals surface area contributed by atoms with Crippen LogP contribution in [0.3, 0.4) is 0 Å². The number of aromatic nitrogens is 2. The molecule has 2 saturated carbocycles. The Morgan fingerprint density at radius 2 is 1.79 bits per heavy atom. The van der Waals surface area contributed by atoms with E-state index in [4.69, 9.17) is 4.74 Å². The van der Waals surface area contributed by atoms with Crippen molar-refractivity contribution in [3.63, 3.8) is 0 Å². The van der Waals surface area contributed by atoms with E-state index >= 15 is 0 Å². The summed E-state index contributed by atoms with van der Waals surface area (Å²) in [5, 5.41) is 17.8. The Bertz CT molecular complexity index is 1240. The third-order valence-electron chi connectivity index (χ3n) is 7.60. The van der Waals surface area contributed by atoms with Gasteiger partial charge in [0.2, 0.25) is 0 Å². The predicted octanol–water partition coefficient (Wildman–Crippen LogP) is 6.74. The van der Waals surface area contributed by atoms with Crippen LogP contribution in [-0.2, 0) is 4.79 Å². The summed E-state index contributed by atoms with van der Waals surface area (Å²) in [6, 6.07) is 3.42. The highest BCUT2D eigenvalue weighted by molar-refractivity contribution is 7.15. The SMILES string of the molecule is C=C(C(=O)N(c1cc(C#CC(C)(C)C)sc1C(=O)O)C1CCC(Oc2ccnnc2)CC1)C1CCC(C)CC1. The summed E-state index contributed by atoms with van der Waals surface area (Å²) in [4.78, 5) is 29.1. The standard InChI is InChI=1S/C31H39N3O4S/c1-20-6-8-22(9-7-20)21(2)29(35)34(23-10-12-24(13-11-23)38-25-15-17-32-33-19-25)27-18-26(14-16-31(3,4)5)39-28(27)30(36)37/h15,17-20,22-24H,2,6-13H2,1,3-5H3,(H,36,37). The summed E-state index contributed by atoms with van der Waals surface area (Å²) in [7, 11) is 0. The number of carboxylic acid groups (broad SMARTS) is 1. The maximum atomic E-state index is 14.2. The Labute approximate surface area is 235 Å². The number of anilines is 1. The molecule has 2 aromatic rings. The highest BCUT2D eigenvalue weighted by Gasteiger charge is 2.37. The fourth-order valence-corrected chi connectivity index (χ4v) is 6.24. The summed E-state index contributed by atoms with van der Waals surface area (Å²) in [5.74, 6) is 6.59. The molecule has 0 spiro atoms. The van der Waals surface area contributed by atoms with Crippen LogP contribution in [0.4, 0.5) is 5.69 Å². The van der Waals surface area contributed by atoms with Crippen LogP contribution in [0, 0.1) is 29.1 Å². The van der Waals surface area contributed by atoms with Crippen molar-refractivity contribution in [2.24, 2.45) is 17.3 Å². The zero-order valence-corrected chi connectivity index (χ0v) is 24.2. The van der Waals surface area contributed by atoms with Crippen molar-refractivity contribution in [1.29, 1.82) is 0 Å². The van der Waals surface area contributed by atoms with Crippen molar-refractivity contribution >= 4 is 28.9 Å². The number of carbonyl (C=O) groups is 2. The minimum atomic E-state index is -1.05. The topological polar surface area (TPSA) is 92.6 Å². The Morgan fingerprint density at radius 3 is 2.38 bits per heavy atom. The molecule has 0 aromatic carbocycles. The average molecular weight is 550 g/mol. The predicted molar refractivity (Wildman–Crippen MR) is 154 cm³/mol. The number of nitrogens with zero attached hydrogens (tertiary/aromatic N) is 3. The smallest absolute Gasteiger partial charge is 0.348 e. The first kappa shape index (κ1) is 28.8. The van der Waals surface area contributed by atoms with E-state index in [1.165, 1.54) is 0 Å². The summed E-state index contributed by atoms with van der Waals surface area (Å²) in [5.41, 5.74) is 0.801. The number of carboxylic acids is 1. The van der Waals surface area contributed by atoms with Gasteiger partial charge in [-0.15, -0.1) is 11.3 Å². The van der Waals surface area contributed by atoms with E-state index in [2.05, 4.69) is 35.5 Å². The van der Waals surface area contributed by atoms with Crippen molar-refractivity contribution < 1.29 is 19.4 Å². The van der Waals surface area contributed by atoms with Crippen LogP contribution in [-0.4, -0.2) is 39.3 Å². The van der Waals surface area contributed by atoms with E-state index in [0.717, 1.165) is 49.9 Å². The largest absolute Gasteiger partial charge is 0.489 e. The minimum absolute atomic E-state index is 0.0000628. The van der Waals surface area contributed by atoms with Gasteiger partial charge < -0.3 is 14.7 Å². The van der Waals surface area contributed by atoms with Crippen LogP contribution >= 0.6 is 11.3 Å². The molecule has 0 aliphatic heterocycles. The van der Waals surface area contributed by atoms with E-state index < -0.39 is 5.97 Å². The highest BCUT2D eigenvalue weighted by atomic mass is 32.1. The molecule has 0 unspecified atom stereocenters. The first-order chi connectivity index (χ1) is 18.5. The second kappa shape index (κ2) is 12.3. The van der Waals surface area contributed by atoms with Gasteiger partial charge in [0.1, 0.15) is 10.6 Å². The molecule has 2 heterocycles. The van der Waals surface area contributed by atoms with Gasteiger partial charge in [-0.25, -0.2) is 4.79 Å². The number of hydrogen-bond donors (Lipinski definition) is 1. The number of amides is 1. The number of carbonyl (C=O) groups excluding carboxylic acids is 1. The third-order valence-corrected chi connectivity index (χ3v) is 8.63. The molecule has 1 N–H and O–H groups in total. The minimum Gasteiger partial charge on any atom is -0.489 e. The molecule has 2 fully saturated rings. The molecule has 8 heteroatoms. The van der Waals surface area contributed by atoms with Gasteiger partial charge in [0.25, 0.3) is 5.91 Å². The van der Waals surface area contributed by atoms with Gasteiger partial charge in [0.05, 0.1) is 29.1 Å². The molecule has 208 valence electrons. The lowest BCUT2D eigenvalue weighted by Gasteiger charge is -2.38.